The van der Waals surface area contributed by atoms with Crippen molar-refractivity contribution >= 4 is 56.8 Å². The van der Waals surface area contributed by atoms with Crippen molar-refractivity contribution in [1.82, 2.24) is 20.1 Å². The zero-order chi connectivity index (χ0) is 23.1. The van der Waals surface area contributed by atoms with E-state index in [4.69, 9.17) is 11.6 Å². The second kappa shape index (κ2) is 11.4. The average Bonchev–Trinajstić information content (AvgIpc) is 3.17. The molecule has 3 aromatic rings. The molecule has 3 rings (SSSR count). The third kappa shape index (κ3) is 6.30. The van der Waals surface area contributed by atoms with E-state index in [0.717, 1.165) is 4.47 Å². The molecule has 0 radical (unpaired) electrons. The van der Waals surface area contributed by atoms with Crippen LogP contribution in [0.4, 0.5) is 10.1 Å². The van der Waals surface area contributed by atoms with Crippen molar-refractivity contribution < 1.29 is 14.0 Å². The molecule has 0 bridgehead atoms. The number of hydrogen-bond acceptors (Lipinski definition) is 5. The van der Waals surface area contributed by atoms with Crippen molar-refractivity contribution in [3.63, 3.8) is 0 Å². The molecule has 32 heavy (non-hydrogen) atoms. The highest BCUT2D eigenvalue weighted by Gasteiger charge is 2.15. The van der Waals surface area contributed by atoms with Crippen molar-refractivity contribution in [2.24, 2.45) is 0 Å². The SMILES string of the molecule is CCn1c(CCNC(=O)c2ccccc2F)nnc1SCC(=O)Nc1ccc(Br)c(Cl)c1. The van der Waals surface area contributed by atoms with E-state index in [-0.39, 0.29) is 23.8 Å². The maximum absolute atomic E-state index is 13.7. The molecule has 0 aliphatic carbocycles. The topological polar surface area (TPSA) is 88.9 Å². The monoisotopic (exact) mass is 539 g/mol. The Bertz CT molecular complexity index is 1130. The highest BCUT2D eigenvalue weighted by atomic mass is 79.9. The molecule has 1 aromatic heterocycles. The quantitative estimate of drug-likeness (QED) is 0.389. The van der Waals surface area contributed by atoms with Crippen LogP contribution in [0.1, 0.15) is 23.1 Å². The number of hydrogen-bond donors (Lipinski definition) is 2. The summed E-state index contributed by atoms with van der Waals surface area (Å²) >= 11 is 10.6. The molecule has 0 atom stereocenters. The lowest BCUT2D eigenvalue weighted by Gasteiger charge is -2.09. The number of carbonyl (C=O) groups is 2. The van der Waals surface area contributed by atoms with Gasteiger partial charge in [-0.1, -0.05) is 35.5 Å². The number of thioether (sulfide) groups is 1. The molecule has 0 fully saturated rings. The smallest absolute Gasteiger partial charge is 0.254 e. The van der Waals surface area contributed by atoms with E-state index >= 15 is 0 Å². The average molecular weight is 541 g/mol. The molecular weight excluding hydrogens is 521 g/mol. The first-order valence-electron chi connectivity index (χ1n) is 9.71. The van der Waals surface area contributed by atoms with Crippen molar-refractivity contribution in [1.29, 1.82) is 0 Å². The largest absolute Gasteiger partial charge is 0.351 e. The van der Waals surface area contributed by atoms with Gasteiger partial charge >= 0.3 is 0 Å². The number of nitrogens with one attached hydrogen (secondary N) is 2. The molecule has 2 N–H and O–H groups in total. The highest BCUT2D eigenvalue weighted by molar-refractivity contribution is 9.10. The Labute approximate surface area is 202 Å². The summed E-state index contributed by atoms with van der Waals surface area (Å²) in [7, 11) is 0. The van der Waals surface area contributed by atoms with E-state index in [0.29, 0.717) is 34.7 Å². The maximum Gasteiger partial charge on any atom is 0.254 e. The van der Waals surface area contributed by atoms with Gasteiger partial charge in [0.15, 0.2) is 5.16 Å². The Morgan fingerprint density at radius 2 is 2.00 bits per heavy atom. The van der Waals surface area contributed by atoms with Gasteiger partial charge in [-0.3, -0.25) is 9.59 Å². The van der Waals surface area contributed by atoms with Crippen LogP contribution in [-0.4, -0.2) is 38.9 Å². The lowest BCUT2D eigenvalue weighted by Crippen LogP contribution is -2.27. The molecule has 2 aromatic carbocycles. The van der Waals surface area contributed by atoms with Gasteiger partial charge in [0.2, 0.25) is 5.91 Å². The second-order valence-electron chi connectivity index (χ2n) is 6.59. The molecule has 0 saturated carbocycles. The summed E-state index contributed by atoms with van der Waals surface area (Å²) in [5, 5.41) is 14.9. The van der Waals surface area contributed by atoms with Crippen LogP contribution >= 0.6 is 39.3 Å². The minimum atomic E-state index is -0.566. The van der Waals surface area contributed by atoms with Crippen LogP contribution in [0, 0.1) is 5.82 Å². The van der Waals surface area contributed by atoms with Crippen LogP contribution in [-0.2, 0) is 17.8 Å². The van der Waals surface area contributed by atoms with Gasteiger partial charge in [-0.15, -0.1) is 10.2 Å². The fraction of sp³-hybridized carbons (Fsp3) is 0.238. The molecule has 1 heterocycles. The molecule has 0 unspecified atom stereocenters. The van der Waals surface area contributed by atoms with E-state index in [1.807, 2.05) is 11.5 Å². The first-order valence-corrected chi connectivity index (χ1v) is 11.9. The van der Waals surface area contributed by atoms with Crippen molar-refractivity contribution in [3.05, 3.63) is 69.2 Å². The zero-order valence-corrected chi connectivity index (χ0v) is 20.2. The summed E-state index contributed by atoms with van der Waals surface area (Å²) in [5.74, 6) is -0.425. The lowest BCUT2D eigenvalue weighted by atomic mass is 10.2. The third-order valence-electron chi connectivity index (χ3n) is 4.40. The summed E-state index contributed by atoms with van der Waals surface area (Å²) in [4.78, 5) is 24.4. The van der Waals surface area contributed by atoms with Crippen LogP contribution in [0.15, 0.2) is 52.1 Å². The van der Waals surface area contributed by atoms with E-state index in [2.05, 4.69) is 36.8 Å². The summed E-state index contributed by atoms with van der Waals surface area (Å²) in [5.41, 5.74) is 0.603. The van der Waals surface area contributed by atoms with Crippen LogP contribution in [0.25, 0.3) is 0 Å². The predicted octanol–water partition coefficient (Wildman–Crippen LogP) is 4.56. The number of aromatic nitrogens is 3. The fourth-order valence-corrected chi connectivity index (χ4v) is 4.11. The second-order valence-corrected chi connectivity index (χ2v) is 8.80. The molecule has 168 valence electrons. The zero-order valence-electron chi connectivity index (χ0n) is 17.1. The summed E-state index contributed by atoms with van der Waals surface area (Å²) in [6.45, 7) is 2.83. The van der Waals surface area contributed by atoms with Gasteiger partial charge in [0.1, 0.15) is 11.6 Å². The van der Waals surface area contributed by atoms with Crippen LogP contribution < -0.4 is 10.6 Å². The van der Waals surface area contributed by atoms with Gasteiger partial charge in [-0.2, -0.15) is 0 Å². The van der Waals surface area contributed by atoms with Gasteiger partial charge < -0.3 is 15.2 Å². The minimum Gasteiger partial charge on any atom is -0.351 e. The van der Waals surface area contributed by atoms with E-state index in [1.165, 1.54) is 30.0 Å². The molecule has 0 saturated heterocycles. The van der Waals surface area contributed by atoms with E-state index < -0.39 is 11.7 Å². The van der Waals surface area contributed by atoms with Crippen molar-refractivity contribution in [2.75, 3.05) is 17.6 Å². The Morgan fingerprint density at radius 3 is 2.72 bits per heavy atom. The van der Waals surface area contributed by atoms with E-state index in [1.54, 1.807) is 24.3 Å². The minimum absolute atomic E-state index is 0.00113. The number of halogens is 3. The number of benzene rings is 2. The molecule has 2 amide bonds. The fourth-order valence-electron chi connectivity index (χ4n) is 2.86. The Hall–Kier alpha value is -2.43. The predicted molar refractivity (Wildman–Crippen MR) is 127 cm³/mol. The highest BCUT2D eigenvalue weighted by Crippen LogP contribution is 2.26. The van der Waals surface area contributed by atoms with Crippen LogP contribution in [0.2, 0.25) is 5.02 Å². The van der Waals surface area contributed by atoms with Gasteiger partial charge in [0, 0.05) is 29.7 Å². The van der Waals surface area contributed by atoms with Gasteiger partial charge in [0.25, 0.3) is 5.91 Å². The van der Waals surface area contributed by atoms with Gasteiger partial charge in [-0.25, -0.2) is 4.39 Å². The summed E-state index contributed by atoms with van der Waals surface area (Å²) in [6.07, 6.45) is 0.422. The number of carbonyl (C=O) groups excluding carboxylic acids is 2. The first kappa shape index (κ1) is 24.2. The van der Waals surface area contributed by atoms with Crippen molar-refractivity contribution in [3.8, 4) is 0 Å². The number of rotatable bonds is 9. The molecular formula is C21H20BrClFN5O2S. The molecule has 0 spiro atoms. The van der Waals surface area contributed by atoms with E-state index in [9.17, 15) is 14.0 Å². The summed E-state index contributed by atoms with van der Waals surface area (Å²) in [6, 6.07) is 11.0. The first-order chi connectivity index (χ1) is 15.4. The lowest BCUT2D eigenvalue weighted by molar-refractivity contribution is -0.113. The molecule has 11 heteroatoms. The third-order valence-corrected chi connectivity index (χ3v) is 6.60. The number of nitrogens with zero attached hydrogens (tertiary/aromatic N) is 3. The van der Waals surface area contributed by atoms with Gasteiger partial charge in [-0.05, 0) is 53.2 Å². The molecule has 0 aliphatic heterocycles. The standard InChI is InChI=1S/C21H20BrClFN5O2S/c1-2-29-18(9-10-25-20(31)14-5-3-4-6-17(14)24)27-28-21(29)32-12-19(30)26-13-7-8-15(22)16(23)11-13/h3-8,11H,2,9-10,12H2,1H3,(H,25,31)(H,26,30). The maximum atomic E-state index is 13.7. The summed E-state index contributed by atoms with van der Waals surface area (Å²) < 4.78 is 16.3. The molecule has 7 nitrogen and oxygen atoms in total. The number of anilines is 1. The van der Waals surface area contributed by atoms with Crippen LogP contribution in [0.3, 0.4) is 0 Å². The Balaban J connectivity index is 1.52. The number of amides is 2. The normalized spacial score (nSPS) is 10.8. The Kier molecular flexibility index (Phi) is 8.66. The Morgan fingerprint density at radius 1 is 1.22 bits per heavy atom. The van der Waals surface area contributed by atoms with Crippen LogP contribution in [0.5, 0.6) is 0 Å². The van der Waals surface area contributed by atoms with Gasteiger partial charge in [0.05, 0.1) is 16.3 Å². The van der Waals surface area contributed by atoms with Crippen molar-refractivity contribution in [2.45, 2.75) is 25.0 Å². The molecule has 0 aliphatic rings.